The van der Waals surface area contributed by atoms with Crippen LogP contribution >= 0.6 is 0 Å². The van der Waals surface area contributed by atoms with Crippen LogP contribution in [-0.4, -0.2) is 11.4 Å². The molecule has 1 amide bonds. The van der Waals surface area contributed by atoms with Gasteiger partial charge in [-0.05, 0) is 32.9 Å². The van der Waals surface area contributed by atoms with Crippen LogP contribution in [0, 0.1) is 0 Å². The van der Waals surface area contributed by atoms with Gasteiger partial charge in [0.1, 0.15) is 0 Å². The fourth-order valence-electron chi connectivity index (χ4n) is 0.906. The highest BCUT2D eigenvalue weighted by atomic mass is 16.2. The minimum Gasteiger partial charge on any atom is -0.287 e. The molecule has 0 bridgehead atoms. The van der Waals surface area contributed by atoms with Gasteiger partial charge in [-0.1, -0.05) is 18.2 Å². The summed E-state index contributed by atoms with van der Waals surface area (Å²) in [5.41, 5.74) is 6.11. The molecule has 0 unspecified atom stereocenters. The second-order valence-corrected chi connectivity index (χ2v) is 4.20. The minimum absolute atomic E-state index is 0.111. The summed E-state index contributed by atoms with van der Waals surface area (Å²) < 4.78 is 0. The zero-order valence-electron chi connectivity index (χ0n) is 8.79. The van der Waals surface area contributed by atoms with Crippen molar-refractivity contribution >= 4 is 5.91 Å². The fourth-order valence-corrected chi connectivity index (χ4v) is 0.906. The lowest BCUT2D eigenvalue weighted by atomic mass is 10.1. The lowest BCUT2D eigenvalue weighted by molar-refractivity contribution is 0.0914. The van der Waals surface area contributed by atoms with Crippen LogP contribution in [0.1, 0.15) is 31.1 Å². The quantitative estimate of drug-likeness (QED) is 0.700. The largest absolute Gasteiger partial charge is 0.287 e. The number of hydrogen-bond donors (Lipinski definition) is 2. The van der Waals surface area contributed by atoms with E-state index < -0.39 is 0 Å². The van der Waals surface area contributed by atoms with Gasteiger partial charge in [0.2, 0.25) is 0 Å². The number of amides is 1. The number of nitrogens with one attached hydrogen (secondary N) is 2. The molecule has 14 heavy (non-hydrogen) atoms. The fraction of sp³-hybridized carbons (Fsp3) is 0.364. The van der Waals surface area contributed by atoms with E-state index in [2.05, 4.69) is 10.9 Å². The van der Waals surface area contributed by atoms with Crippen molar-refractivity contribution in [1.29, 1.82) is 0 Å². The van der Waals surface area contributed by atoms with Gasteiger partial charge < -0.3 is 0 Å². The van der Waals surface area contributed by atoms with Gasteiger partial charge in [0.15, 0.2) is 0 Å². The van der Waals surface area contributed by atoms with E-state index in [1.165, 1.54) is 0 Å². The molecule has 0 spiro atoms. The number of carbonyl (C=O) groups is 1. The maximum Gasteiger partial charge on any atom is 0.265 e. The summed E-state index contributed by atoms with van der Waals surface area (Å²) in [6, 6.07) is 9.12. The first-order chi connectivity index (χ1) is 6.49. The van der Waals surface area contributed by atoms with E-state index in [-0.39, 0.29) is 11.4 Å². The molecule has 3 heteroatoms. The molecule has 1 aromatic carbocycles. The first-order valence-electron chi connectivity index (χ1n) is 4.61. The van der Waals surface area contributed by atoms with Crippen molar-refractivity contribution in [3.63, 3.8) is 0 Å². The molecule has 0 atom stereocenters. The Morgan fingerprint density at radius 2 is 1.71 bits per heavy atom. The molecule has 0 saturated carbocycles. The van der Waals surface area contributed by atoms with Crippen LogP contribution in [0.4, 0.5) is 0 Å². The summed E-state index contributed by atoms with van der Waals surface area (Å²) in [7, 11) is 0. The standard InChI is InChI=1S/C11H16N2O/c1-11(2,3)13-12-10(14)9-7-5-4-6-8-9/h4-8,13H,1-3H3,(H,12,14). The highest BCUT2D eigenvalue weighted by Crippen LogP contribution is 1.99. The molecular weight excluding hydrogens is 176 g/mol. The molecule has 76 valence electrons. The van der Waals surface area contributed by atoms with Crippen molar-refractivity contribution in [2.75, 3.05) is 0 Å². The second-order valence-electron chi connectivity index (χ2n) is 4.20. The number of benzene rings is 1. The maximum absolute atomic E-state index is 11.5. The van der Waals surface area contributed by atoms with E-state index in [0.717, 1.165) is 0 Å². The van der Waals surface area contributed by atoms with Crippen molar-refractivity contribution in [2.24, 2.45) is 0 Å². The van der Waals surface area contributed by atoms with E-state index in [1.807, 2.05) is 39.0 Å². The Morgan fingerprint density at radius 1 is 1.14 bits per heavy atom. The third kappa shape index (κ3) is 3.58. The lowest BCUT2D eigenvalue weighted by Gasteiger charge is -2.20. The van der Waals surface area contributed by atoms with Crippen molar-refractivity contribution in [1.82, 2.24) is 10.9 Å². The van der Waals surface area contributed by atoms with Gasteiger partial charge in [-0.15, -0.1) is 0 Å². The monoisotopic (exact) mass is 192 g/mol. The molecular formula is C11H16N2O. The minimum atomic E-state index is -0.121. The zero-order chi connectivity index (χ0) is 10.6. The Balaban J connectivity index is 2.52. The van der Waals surface area contributed by atoms with Crippen molar-refractivity contribution in [3.8, 4) is 0 Å². The van der Waals surface area contributed by atoms with Gasteiger partial charge in [-0.25, -0.2) is 5.43 Å². The van der Waals surface area contributed by atoms with Gasteiger partial charge in [0, 0.05) is 11.1 Å². The van der Waals surface area contributed by atoms with Crippen molar-refractivity contribution in [3.05, 3.63) is 35.9 Å². The summed E-state index contributed by atoms with van der Waals surface area (Å²) in [5, 5.41) is 0. The topological polar surface area (TPSA) is 41.1 Å². The lowest BCUT2D eigenvalue weighted by Crippen LogP contribution is -2.48. The number of hydrazine groups is 1. The normalized spacial score (nSPS) is 11.1. The number of carbonyl (C=O) groups excluding carboxylic acids is 1. The van der Waals surface area contributed by atoms with Crippen LogP contribution in [0.3, 0.4) is 0 Å². The maximum atomic E-state index is 11.5. The Bertz CT molecular complexity index is 301. The smallest absolute Gasteiger partial charge is 0.265 e. The van der Waals surface area contributed by atoms with Gasteiger partial charge in [0.25, 0.3) is 5.91 Å². The molecule has 0 aliphatic carbocycles. The first-order valence-corrected chi connectivity index (χ1v) is 4.61. The van der Waals surface area contributed by atoms with Gasteiger partial charge in [-0.2, -0.15) is 0 Å². The summed E-state index contributed by atoms with van der Waals surface area (Å²) in [6.45, 7) is 5.95. The highest BCUT2D eigenvalue weighted by molar-refractivity contribution is 5.93. The van der Waals surface area contributed by atoms with E-state index in [4.69, 9.17) is 0 Å². The van der Waals surface area contributed by atoms with E-state index in [0.29, 0.717) is 5.56 Å². The molecule has 1 aromatic rings. The average molecular weight is 192 g/mol. The molecule has 0 saturated heterocycles. The van der Waals surface area contributed by atoms with Crippen molar-refractivity contribution in [2.45, 2.75) is 26.3 Å². The second kappa shape index (κ2) is 4.24. The third-order valence-electron chi connectivity index (χ3n) is 1.59. The van der Waals surface area contributed by atoms with Crippen LogP contribution in [0.5, 0.6) is 0 Å². The Morgan fingerprint density at radius 3 is 2.21 bits per heavy atom. The summed E-state index contributed by atoms with van der Waals surface area (Å²) >= 11 is 0. The Kier molecular flexibility index (Phi) is 3.25. The molecule has 0 heterocycles. The first kappa shape index (κ1) is 10.7. The predicted octanol–water partition coefficient (Wildman–Crippen LogP) is 1.72. The summed E-state index contributed by atoms with van der Waals surface area (Å²) in [6.07, 6.45) is 0. The SMILES string of the molecule is CC(C)(C)NNC(=O)c1ccccc1. The molecule has 0 radical (unpaired) electrons. The average Bonchev–Trinajstić information content (AvgIpc) is 2.14. The molecule has 3 nitrogen and oxygen atoms in total. The van der Waals surface area contributed by atoms with E-state index in [1.54, 1.807) is 12.1 Å². The third-order valence-corrected chi connectivity index (χ3v) is 1.59. The van der Waals surface area contributed by atoms with Crippen molar-refractivity contribution < 1.29 is 4.79 Å². The molecule has 1 rings (SSSR count). The van der Waals surface area contributed by atoms with Crippen LogP contribution < -0.4 is 10.9 Å². The molecule has 2 N–H and O–H groups in total. The predicted molar refractivity (Wildman–Crippen MR) is 56.8 cm³/mol. The summed E-state index contributed by atoms with van der Waals surface area (Å²) in [4.78, 5) is 11.5. The van der Waals surface area contributed by atoms with Crippen LogP contribution in [-0.2, 0) is 0 Å². The van der Waals surface area contributed by atoms with Crippen LogP contribution in [0.25, 0.3) is 0 Å². The molecule has 0 fully saturated rings. The number of hydrogen-bond acceptors (Lipinski definition) is 2. The van der Waals surface area contributed by atoms with E-state index >= 15 is 0 Å². The van der Waals surface area contributed by atoms with Crippen LogP contribution in [0.15, 0.2) is 30.3 Å². The molecule has 0 aliphatic rings. The Labute approximate surface area is 84.5 Å². The number of rotatable bonds is 2. The molecule has 0 aromatic heterocycles. The van der Waals surface area contributed by atoms with Gasteiger partial charge in [0.05, 0.1) is 0 Å². The Hall–Kier alpha value is -1.35. The molecule has 0 aliphatic heterocycles. The highest BCUT2D eigenvalue weighted by Gasteiger charge is 2.11. The summed E-state index contributed by atoms with van der Waals surface area (Å²) in [5.74, 6) is -0.111. The van der Waals surface area contributed by atoms with Crippen LogP contribution in [0.2, 0.25) is 0 Å². The van der Waals surface area contributed by atoms with E-state index in [9.17, 15) is 4.79 Å². The van der Waals surface area contributed by atoms with Gasteiger partial charge >= 0.3 is 0 Å². The zero-order valence-corrected chi connectivity index (χ0v) is 8.79. The van der Waals surface area contributed by atoms with Gasteiger partial charge in [-0.3, -0.25) is 10.2 Å².